The molecule has 142 valence electrons. The molecule has 0 aromatic heterocycles. The Hall–Kier alpha value is -1.26. The molecule has 0 unspecified atom stereocenters. The third-order valence-electron chi connectivity index (χ3n) is 6.81. The van der Waals surface area contributed by atoms with Crippen LogP contribution in [0.2, 0.25) is 5.02 Å². The molecule has 5 heteroatoms. The molecule has 3 aliphatic rings. The summed E-state index contributed by atoms with van der Waals surface area (Å²) in [6, 6.07) is 6.38. The first-order valence-corrected chi connectivity index (χ1v) is 10.4. The number of likely N-dealkylation sites (tertiary alicyclic amines) is 1. The monoisotopic (exact) mass is 376 g/mol. The summed E-state index contributed by atoms with van der Waals surface area (Å²) in [5.74, 6) is 0.350. The molecule has 4 rings (SSSR count). The van der Waals surface area contributed by atoms with Crippen LogP contribution in [0.3, 0.4) is 0 Å². The molecule has 1 amide bonds. The van der Waals surface area contributed by atoms with Crippen LogP contribution < -0.4 is 4.90 Å². The number of aliphatic hydroxyl groups excluding tert-OH is 1. The normalized spacial score (nSPS) is 32.5. The quantitative estimate of drug-likeness (QED) is 0.854. The van der Waals surface area contributed by atoms with Crippen LogP contribution in [0.5, 0.6) is 0 Å². The summed E-state index contributed by atoms with van der Waals surface area (Å²) in [6.45, 7) is 4.74. The lowest BCUT2D eigenvalue weighted by molar-refractivity contribution is -0.139. The van der Waals surface area contributed by atoms with Crippen molar-refractivity contribution in [1.82, 2.24) is 4.90 Å². The lowest BCUT2D eigenvalue weighted by Gasteiger charge is -2.42. The Kier molecular flexibility index (Phi) is 4.91. The van der Waals surface area contributed by atoms with Crippen LogP contribution >= 0.6 is 11.6 Å². The van der Waals surface area contributed by atoms with Gasteiger partial charge in [0.05, 0.1) is 11.5 Å². The molecular weight excluding hydrogens is 348 g/mol. The largest absolute Gasteiger partial charge is 0.393 e. The Labute approximate surface area is 161 Å². The van der Waals surface area contributed by atoms with Crippen molar-refractivity contribution in [2.24, 2.45) is 5.41 Å². The lowest BCUT2D eigenvalue weighted by Crippen LogP contribution is -2.50. The minimum absolute atomic E-state index is 0.172. The van der Waals surface area contributed by atoms with Crippen molar-refractivity contribution >= 4 is 23.2 Å². The van der Waals surface area contributed by atoms with E-state index in [1.165, 1.54) is 5.69 Å². The number of carbonyl (C=O) groups is 1. The van der Waals surface area contributed by atoms with Crippen LogP contribution in [-0.4, -0.2) is 47.7 Å². The average molecular weight is 377 g/mol. The number of piperidine rings is 1. The van der Waals surface area contributed by atoms with Gasteiger partial charge in [-0.25, -0.2) is 0 Å². The Bertz CT molecular complexity index is 687. The standard InChI is InChI=1S/C21H29ClN2O2/c1-15-18(22)4-2-5-19(15)23-12-3-10-21(14-23)11-13-24(20(21)26)16-6-8-17(25)9-7-16/h2,4-5,16-17,25H,3,6-14H2,1H3/t16?,17?,21-/m0/s1. The zero-order valence-corrected chi connectivity index (χ0v) is 16.3. The molecule has 1 saturated carbocycles. The molecule has 2 saturated heterocycles. The molecule has 2 aliphatic heterocycles. The predicted molar refractivity (Wildman–Crippen MR) is 105 cm³/mol. The summed E-state index contributed by atoms with van der Waals surface area (Å²) in [6.07, 6.45) is 6.38. The second-order valence-electron chi connectivity index (χ2n) is 8.40. The number of benzene rings is 1. The SMILES string of the molecule is Cc1c(Cl)cccc1N1CCC[C@]2(CCN(C3CCC(O)CC3)C2=O)C1. The third-order valence-corrected chi connectivity index (χ3v) is 7.22. The van der Waals surface area contributed by atoms with E-state index in [1.807, 2.05) is 12.1 Å². The number of carbonyl (C=O) groups excluding carboxylic acids is 1. The minimum Gasteiger partial charge on any atom is -0.393 e. The number of aliphatic hydroxyl groups is 1. The van der Waals surface area contributed by atoms with Gasteiger partial charge in [0.2, 0.25) is 5.91 Å². The van der Waals surface area contributed by atoms with Gasteiger partial charge in [-0.1, -0.05) is 17.7 Å². The van der Waals surface area contributed by atoms with Crippen LogP contribution in [0.25, 0.3) is 0 Å². The fourth-order valence-electron chi connectivity index (χ4n) is 5.22. The van der Waals surface area contributed by atoms with Gasteiger partial charge >= 0.3 is 0 Å². The molecule has 1 spiro atoms. The first-order chi connectivity index (χ1) is 12.5. The number of hydrogen-bond donors (Lipinski definition) is 1. The van der Waals surface area contributed by atoms with Crippen molar-refractivity contribution in [2.75, 3.05) is 24.5 Å². The van der Waals surface area contributed by atoms with Gasteiger partial charge in [-0.05, 0) is 69.6 Å². The molecule has 1 aliphatic carbocycles. The second-order valence-corrected chi connectivity index (χ2v) is 8.81. The predicted octanol–water partition coefficient (Wildman–Crippen LogP) is 3.77. The summed E-state index contributed by atoms with van der Waals surface area (Å²) in [4.78, 5) is 17.9. The van der Waals surface area contributed by atoms with Gasteiger partial charge in [0, 0.05) is 36.4 Å². The van der Waals surface area contributed by atoms with Gasteiger partial charge in [-0.3, -0.25) is 4.79 Å². The van der Waals surface area contributed by atoms with Crippen LogP contribution in [0.4, 0.5) is 5.69 Å². The van der Waals surface area contributed by atoms with E-state index < -0.39 is 0 Å². The molecule has 26 heavy (non-hydrogen) atoms. The molecule has 4 nitrogen and oxygen atoms in total. The third kappa shape index (κ3) is 3.11. The van der Waals surface area contributed by atoms with Crippen LogP contribution in [0.15, 0.2) is 18.2 Å². The van der Waals surface area contributed by atoms with E-state index in [1.54, 1.807) is 0 Å². The highest BCUT2D eigenvalue weighted by atomic mass is 35.5. The van der Waals surface area contributed by atoms with Crippen molar-refractivity contribution in [1.29, 1.82) is 0 Å². The van der Waals surface area contributed by atoms with Crippen molar-refractivity contribution < 1.29 is 9.90 Å². The number of hydrogen-bond acceptors (Lipinski definition) is 3. The number of rotatable bonds is 2. The van der Waals surface area contributed by atoms with Crippen LogP contribution in [0.1, 0.15) is 50.5 Å². The molecular formula is C21H29ClN2O2. The van der Waals surface area contributed by atoms with E-state index in [-0.39, 0.29) is 11.5 Å². The maximum absolute atomic E-state index is 13.4. The van der Waals surface area contributed by atoms with Gasteiger partial charge in [0.25, 0.3) is 0 Å². The highest BCUT2D eigenvalue weighted by molar-refractivity contribution is 6.31. The zero-order chi connectivity index (χ0) is 18.3. The van der Waals surface area contributed by atoms with E-state index >= 15 is 0 Å². The highest BCUT2D eigenvalue weighted by Crippen LogP contribution is 2.44. The van der Waals surface area contributed by atoms with Gasteiger partial charge < -0.3 is 14.9 Å². The summed E-state index contributed by atoms with van der Waals surface area (Å²) in [5.41, 5.74) is 2.04. The summed E-state index contributed by atoms with van der Waals surface area (Å²) >= 11 is 6.33. The van der Waals surface area contributed by atoms with Crippen molar-refractivity contribution in [3.8, 4) is 0 Å². The Morgan fingerprint density at radius 1 is 1.15 bits per heavy atom. The lowest BCUT2D eigenvalue weighted by atomic mass is 9.78. The first kappa shape index (κ1) is 18.1. The zero-order valence-electron chi connectivity index (χ0n) is 15.6. The minimum atomic E-state index is -0.233. The molecule has 1 atom stereocenters. The summed E-state index contributed by atoms with van der Waals surface area (Å²) in [7, 11) is 0. The van der Waals surface area contributed by atoms with E-state index in [4.69, 9.17) is 11.6 Å². The fraction of sp³-hybridized carbons (Fsp3) is 0.667. The van der Waals surface area contributed by atoms with Crippen molar-refractivity contribution in [3.05, 3.63) is 28.8 Å². The van der Waals surface area contributed by atoms with Crippen molar-refractivity contribution in [2.45, 2.75) is 64.0 Å². The topological polar surface area (TPSA) is 43.8 Å². The Balaban J connectivity index is 1.52. The molecule has 1 aromatic rings. The number of nitrogens with zero attached hydrogens (tertiary/aromatic N) is 2. The maximum atomic E-state index is 13.4. The summed E-state index contributed by atoms with van der Waals surface area (Å²) in [5, 5.41) is 10.6. The maximum Gasteiger partial charge on any atom is 0.230 e. The number of amides is 1. The van der Waals surface area contributed by atoms with Gasteiger partial charge in [-0.2, -0.15) is 0 Å². The highest BCUT2D eigenvalue weighted by Gasteiger charge is 2.50. The second kappa shape index (κ2) is 7.05. The smallest absolute Gasteiger partial charge is 0.230 e. The first-order valence-electron chi connectivity index (χ1n) is 9.99. The Morgan fingerprint density at radius 2 is 1.92 bits per heavy atom. The van der Waals surface area contributed by atoms with Crippen molar-refractivity contribution in [3.63, 3.8) is 0 Å². The van der Waals surface area contributed by atoms with Crippen LogP contribution in [-0.2, 0) is 4.79 Å². The van der Waals surface area contributed by atoms with Gasteiger partial charge in [-0.15, -0.1) is 0 Å². The van der Waals surface area contributed by atoms with E-state index in [2.05, 4.69) is 22.8 Å². The molecule has 2 heterocycles. The molecule has 0 radical (unpaired) electrons. The fourth-order valence-corrected chi connectivity index (χ4v) is 5.39. The van der Waals surface area contributed by atoms with E-state index in [9.17, 15) is 9.90 Å². The van der Waals surface area contributed by atoms with E-state index in [0.717, 1.165) is 75.2 Å². The Morgan fingerprint density at radius 3 is 2.69 bits per heavy atom. The van der Waals surface area contributed by atoms with Gasteiger partial charge in [0.1, 0.15) is 0 Å². The summed E-state index contributed by atoms with van der Waals surface area (Å²) < 4.78 is 0. The number of halogens is 1. The molecule has 0 bridgehead atoms. The number of anilines is 1. The van der Waals surface area contributed by atoms with E-state index in [0.29, 0.717) is 11.9 Å². The molecule has 3 fully saturated rings. The average Bonchev–Trinajstić information content (AvgIpc) is 2.94. The van der Waals surface area contributed by atoms with Crippen LogP contribution in [0, 0.1) is 12.3 Å². The van der Waals surface area contributed by atoms with Gasteiger partial charge in [0.15, 0.2) is 0 Å². The molecule has 1 aromatic carbocycles. The molecule has 1 N–H and O–H groups in total.